The number of unbranched alkanes of at least 4 members (excludes halogenated alkanes) is 1. The molecule has 2 aromatic carbocycles. The fraction of sp³-hybridized carbons (Fsp3) is 0.250. The van der Waals surface area contributed by atoms with Gasteiger partial charge in [-0.3, -0.25) is 0 Å². The maximum absolute atomic E-state index is 12.6. The summed E-state index contributed by atoms with van der Waals surface area (Å²) in [5.74, 6) is 0.223. The van der Waals surface area contributed by atoms with E-state index in [0.717, 1.165) is 5.56 Å². The number of hydrogen-bond donors (Lipinski definition) is 3. The molecule has 0 aliphatic heterocycles. The Kier molecular flexibility index (Phi) is 8.54. The predicted molar refractivity (Wildman–Crippen MR) is 139 cm³/mol. The predicted octanol–water partition coefficient (Wildman–Crippen LogP) is 3.25. The summed E-state index contributed by atoms with van der Waals surface area (Å²) in [6.45, 7) is 1.12. The van der Waals surface area contributed by atoms with Crippen LogP contribution in [0.3, 0.4) is 0 Å². The maximum Gasteiger partial charge on any atom is 0.407 e. The normalized spacial score (nSPS) is 11.5. The van der Waals surface area contributed by atoms with Gasteiger partial charge in [0, 0.05) is 19.6 Å². The van der Waals surface area contributed by atoms with Gasteiger partial charge in [-0.1, -0.05) is 42.5 Å². The van der Waals surface area contributed by atoms with Gasteiger partial charge in [0.1, 0.15) is 5.52 Å². The molecule has 0 fully saturated rings. The van der Waals surface area contributed by atoms with E-state index in [1.165, 1.54) is 12.1 Å². The third-order valence-electron chi connectivity index (χ3n) is 5.44. The summed E-state index contributed by atoms with van der Waals surface area (Å²) in [6.07, 6.45) is 2.35. The highest BCUT2D eigenvalue weighted by atomic mass is 35.5. The van der Waals surface area contributed by atoms with Crippen LogP contribution in [-0.2, 0) is 34.4 Å². The summed E-state index contributed by atoms with van der Waals surface area (Å²) >= 11 is 5.87. The van der Waals surface area contributed by atoms with Gasteiger partial charge in [0.25, 0.3) is 0 Å². The number of halogens is 1. The number of benzene rings is 2. The quantitative estimate of drug-likeness (QED) is 0.192. The van der Waals surface area contributed by atoms with Gasteiger partial charge in [0.2, 0.25) is 15.3 Å². The fourth-order valence-electron chi connectivity index (χ4n) is 3.56. The van der Waals surface area contributed by atoms with Crippen molar-refractivity contribution in [3.05, 3.63) is 77.3 Å². The Morgan fingerprint density at radius 3 is 2.62 bits per heavy atom. The van der Waals surface area contributed by atoms with Crippen LogP contribution in [0.1, 0.15) is 24.0 Å². The number of ether oxygens (including phenoxy) is 1. The summed E-state index contributed by atoms with van der Waals surface area (Å²) in [6, 6.07) is 15.6. The van der Waals surface area contributed by atoms with Crippen molar-refractivity contribution in [1.82, 2.24) is 29.6 Å². The number of rotatable bonds is 11. The van der Waals surface area contributed by atoms with E-state index < -0.39 is 16.1 Å². The average Bonchev–Trinajstić information content (AvgIpc) is 3.30. The summed E-state index contributed by atoms with van der Waals surface area (Å²) in [7, 11) is -3.70. The summed E-state index contributed by atoms with van der Waals surface area (Å²) in [5.41, 5.74) is 8.33. The number of aryl methyl sites for hydroxylation is 1. The minimum absolute atomic E-state index is 0.0540. The highest BCUT2D eigenvalue weighted by molar-refractivity contribution is 7.89. The van der Waals surface area contributed by atoms with Crippen molar-refractivity contribution >= 4 is 44.7 Å². The van der Waals surface area contributed by atoms with Crippen molar-refractivity contribution in [3.63, 3.8) is 0 Å². The van der Waals surface area contributed by atoms with Crippen LogP contribution in [0.15, 0.2) is 65.8 Å². The molecule has 0 aliphatic carbocycles. The highest BCUT2D eigenvalue weighted by Gasteiger charge is 2.15. The maximum atomic E-state index is 12.6. The van der Waals surface area contributed by atoms with Crippen molar-refractivity contribution in [2.24, 2.45) is 0 Å². The third kappa shape index (κ3) is 7.15. The number of imidazole rings is 1. The number of alkyl carbamates (subject to hydrolysis) is 1. The molecule has 0 saturated carbocycles. The molecule has 0 unspecified atom stereocenters. The summed E-state index contributed by atoms with van der Waals surface area (Å²) in [5, 5.41) is 2.69. The third-order valence-corrected chi connectivity index (χ3v) is 7.01. The number of hydrogen-bond acceptors (Lipinski definition) is 8. The smallest absolute Gasteiger partial charge is 0.407 e. The molecule has 4 rings (SSSR count). The highest BCUT2D eigenvalue weighted by Crippen LogP contribution is 2.18. The lowest BCUT2D eigenvalue weighted by Crippen LogP contribution is -2.25. The van der Waals surface area contributed by atoms with Gasteiger partial charge in [-0.25, -0.2) is 22.9 Å². The minimum Gasteiger partial charge on any atom is -0.450 e. The Bertz CT molecular complexity index is 1480. The van der Waals surface area contributed by atoms with Crippen LogP contribution in [0.2, 0.25) is 5.28 Å². The molecular formula is C24H26ClN7O4S. The number of nitrogen functional groups attached to an aromatic ring is 1. The first-order chi connectivity index (χ1) is 17.8. The number of carbonyl (C=O) groups excluding carboxylic acids is 1. The van der Waals surface area contributed by atoms with Crippen LogP contribution in [0.25, 0.3) is 11.2 Å². The van der Waals surface area contributed by atoms with Gasteiger partial charge >= 0.3 is 6.09 Å². The van der Waals surface area contributed by atoms with E-state index in [1.807, 2.05) is 34.9 Å². The van der Waals surface area contributed by atoms with Crippen molar-refractivity contribution in [1.29, 1.82) is 0 Å². The van der Waals surface area contributed by atoms with E-state index in [-0.39, 0.29) is 35.7 Å². The zero-order valence-corrected chi connectivity index (χ0v) is 21.4. The van der Waals surface area contributed by atoms with Gasteiger partial charge in [-0.05, 0) is 47.7 Å². The lowest BCUT2D eigenvalue weighted by Gasteiger charge is -2.10. The molecular weight excluding hydrogens is 518 g/mol. The van der Waals surface area contributed by atoms with Crippen molar-refractivity contribution in [2.75, 3.05) is 12.3 Å². The zero-order valence-electron chi connectivity index (χ0n) is 19.8. The van der Waals surface area contributed by atoms with Crippen molar-refractivity contribution in [3.8, 4) is 0 Å². The second-order valence-corrected chi connectivity index (χ2v) is 10.2. The van der Waals surface area contributed by atoms with Crippen LogP contribution < -0.4 is 15.8 Å². The molecule has 1 amide bonds. The van der Waals surface area contributed by atoms with Crippen molar-refractivity contribution < 1.29 is 17.9 Å². The van der Waals surface area contributed by atoms with Crippen molar-refractivity contribution in [2.45, 2.75) is 37.4 Å². The summed E-state index contributed by atoms with van der Waals surface area (Å²) in [4.78, 5) is 24.4. The number of sulfonamides is 1. The molecule has 37 heavy (non-hydrogen) atoms. The van der Waals surface area contributed by atoms with E-state index in [1.54, 1.807) is 18.5 Å². The first-order valence-corrected chi connectivity index (χ1v) is 13.3. The molecule has 194 valence electrons. The summed E-state index contributed by atoms with van der Waals surface area (Å²) < 4.78 is 34.9. The molecule has 13 heteroatoms. The average molecular weight is 544 g/mol. The van der Waals surface area contributed by atoms with Crippen LogP contribution in [-0.4, -0.2) is 40.6 Å². The SMILES string of the molecule is Nc1nc(Cl)nc2c1ncn2CCCCOC(=O)NCc1cccc(S(=O)(=O)NCc2ccccc2)c1. The van der Waals surface area contributed by atoms with E-state index >= 15 is 0 Å². The number of fused-ring (bicyclic) bond motifs is 1. The molecule has 0 aliphatic rings. The molecule has 4 aromatic rings. The van der Waals surface area contributed by atoms with E-state index in [2.05, 4.69) is 25.0 Å². The first kappa shape index (κ1) is 26.3. The first-order valence-electron chi connectivity index (χ1n) is 11.5. The number of nitrogens with two attached hydrogens (primary N) is 1. The van der Waals surface area contributed by atoms with E-state index in [0.29, 0.717) is 36.1 Å². The number of amides is 1. The Morgan fingerprint density at radius 2 is 1.81 bits per heavy atom. The van der Waals surface area contributed by atoms with Gasteiger partial charge in [0.05, 0.1) is 17.8 Å². The van der Waals surface area contributed by atoms with Gasteiger partial charge in [0.15, 0.2) is 11.5 Å². The Morgan fingerprint density at radius 1 is 1.03 bits per heavy atom. The monoisotopic (exact) mass is 543 g/mol. The number of nitrogens with zero attached hydrogens (tertiary/aromatic N) is 4. The lowest BCUT2D eigenvalue weighted by atomic mass is 10.2. The van der Waals surface area contributed by atoms with Crippen LogP contribution in [0.5, 0.6) is 0 Å². The Balaban J connectivity index is 1.19. The molecule has 0 spiro atoms. The second kappa shape index (κ2) is 12.0. The van der Waals surface area contributed by atoms with E-state index in [4.69, 9.17) is 22.1 Å². The molecule has 0 atom stereocenters. The van der Waals surface area contributed by atoms with Crippen LogP contribution in [0.4, 0.5) is 10.6 Å². The Labute approximate surface area is 219 Å². The number of carbonyl (C=O) groups is 1. The topological polar surface area (TPSA) is 154 Å². The molecule has 0 saturated heterocycles. The fourth-order valence-corrected chi connectivity index (χ4v) is 4.82. The van der Waals surface area contributed by atoms with Crippen LogP contribution in [0, 0.1) is 0 Å². The molecule has 2 heterocycles. The van der Waals surface area contributed by atoms with Gasteiger partial charge in [-0.2, -0.15) is 9.97 Å². The molecule has 2 aromatic heterocycles. The van der Waals surface area contributed by atoms with E-state index in [9.17, 15) is 13.2 Å². The molecule has 4 N–H and O–H groups in total. The molecule has 11 nitrogen and oxygen atoms in total. The Hall–Kier alpha value is -3.74. The molecule has 0 bridgehead atoms. The largest absolute Gasteiger partial charge is 0.450 e. The standard InChI is InChI=1S/C24H26ClN7O4S/c25-23-30-21(26)20-22(31-23)32(16-28-20)11-4-5-12-36-24(33)27-14-18-9-6-10-19(13-18)37(34,35)29-15-17-7-2-1-3-8-17/h1-3,6-10,13,16,29H,4-5,11-12,14-15H2,(H,27,33)(H2,26,30,31). The number of nitrogens with one attached hydrogen (secondary N) is 2. The molecule has 0 radical (unpaired) electrons. The van der Waals surface area contributed by atoms with Gasteiger partial charge in [-0.15, -0.1) is 0 Å². The van der Waals surface area contributed by atoms with Crippen LogP contribution >= 0.6 is 11.6 Å². The van der Waals surface area contributed by atoms with Gasteiger partial charge < -0.3 is 20.4 Å². The zero-order chi connectivity index (χ0) is 26.3. The number of anilines is 1. The minimum atomic E-state index is -3.70. The second-order valence-electron chi connectivity index (χ2n) is 8.14. The lowest BCUT2D eigenvalue weighted by molar-refractivity contribution is 0.143. The number of aromatic nitrogens is 4.